The van der Waals surface area contributed by atoms with Crippen LogP contribution in [0.1, 0.15) is 6.42 Å². The van der Waals surface area contributed by atoms with Gasteiger partial charge in [0.05, 0.1) is 6.54 Å². The van der Waals surface area contributed by atoms with E-state index in [4.69, 9.17) is 0 Å². The number of hydrogen-bond acceptors (Lipinski definition) is 3. The zero-order valence-corrected chi connectivity index (χ0v) is 5.64. The molecule has 1 aliphatic heterocycles. The van der Waals surface area contributed by atoms with Crippen LogP contribution in [0, 0.1) is 5.92 Å². The molecule has 0 aromatic rings. The minimum Gasteiger partial charge on any atom is -0.144 e. The summed E-state index contributed by atoms with van der Waals surface area (Å²) >= 11 is 0. The quantitative estimate of drug-likeness (QED) is 0.566. The van der Waals surface area contributed by atoms with Crippen molar-refractivity contribution in [3.8, 4) is 0 Å². The second kappa shape index (κ2) is 2.25. The molecule has 1 aliphatic carbocycles. The Bertz CT molecular complexity index is 199. The molecule has 0 aromatic carbocycles. The summed E-state index contributed by atoms with van der Waals surface area (Å²) in [5.74, 6) is 0.611. The molecule has 0 bridgehead atoms. The van der Waals surface area contributed by atoms with Gasteiger partial charge in [0.25, 0.3) is 0 Å². The highest BCUT2D eigenvalue weighted by molar-refractivity contribution is 5.11. The fourth-order valence-electron chi connectivity index (χ4n) is 1.08. The SMILES string of the molecule is C1=CCC(CN2N=N2)C=C1. The van der Waals surface area contributed by atoms with Gasteiger partial charge in [0.2, 0.25) is 0 Å². The third kappa shape index (κ3) is 1.23. The second-order valence-corrected chi connectivity index (χ2v) is 2.54. The van der Waals surface area contributed by atoms with Crippen LogP contribution in [-0.2, 0) is 0 Å². The lowest BCUT2D eigenvalue weighted by molar-refractivity contribution is 0.410. The molecule has 3 nitrogen and oxygen atoms in total. The van der Waals surface area contributed by atoms with E-state index in [1.165, 1.54) is 0 Å². The van der Waals surface area contributed by atoms with Gasteiger partial charge < -0.3 is 0 Å². The standard InChI is InChI=1S/C7H9N3/c1-2-4-7(5-3-1)6-10-8-9-10/h1-4,7H,5-6H2. The van der Waals surface area contributed by atoms with E-state index in [2.05, 4.69) is 34.8 Å². The highest BCUT2D eigenvalue weighted by Crippen LogP contribution is 2.17. The minimum atomic E-state index is 0.611. The van der Waals surface area contributed by atoms with Gasteiger partial charge in [0.15, 0.2) is 0 Å². The Hall–Kier alpha value is -1.12. The largest absolute Gasteiger partial charge is 0.144 e. The zero-order valence-electron chi connectivity index (χ0n) is 5.64. The summed E-state index contributed by atoms with van der Waals surface area (Å²) < 4.78 is 0. The molecule has 0 N–H and O–H groups in total. The van der Waals surface area contributed by atoms with Gasteiger partial charge in [-0.05, 0) is 16.9 Å². The lowest BCUT2D eigenvalue weighted by Crippen LogP contribution is -2.10. The summed E-state index contributed by atoms with van der Waals surface area (Å²) in [5, 5.41) is 9.12. The summed E-state index contributed by atoms with van der Waals surface area (Å²) in [7, 11) is 0. The Morgan fingerprint density at radius 2 is 2.30 bits per heavy atom. The molecule has 1 unspecified atom stereocenters. The van der Waals surface area contributed by atoms with Gasteiger partial charge in [0, 0.05) is 5.92 Å². The van der Waals surface area contributed by atoms with E-state index in [1.807, 2.05) is 0 Å². The smallest absolute Gasteiger partial charge is 0.0709 e. The van der Waals surface area contributed by atoms with Gasteiger partial charge in [-0.3, -0.25) is 0 Å². The molecule has 10 heavy (non-hydrogen) atoms. The van der Waals surface area contributed by atoms with Crippen molar-refractivity contribution in [1.29, 1.82) is 0 Å². The lowest BCUT2D eigenvalue weighted by Gasteiger charge is -2.09. The summed E-state index contributed by atoms with van der Waals surface area (Å²) in [4.78, 5) is 0. The van der Waals surface area contributed by atoms with Crippen molar-refractivity contribution in [3.63, 3.8) is 0 Å². The molecule has 52 valence electrons. The van der Waals surface area contributed by atoms with Crippen molar-refractivity contribution in [3.05, 3.63) is 24.3 Å². The first-order valence-electron chi connectivity index (χ1n) is 3.47. The predicted molar refractivity (Wildman–Crippen MR) is 37.9 cm³/mol. The highest BCUT2D eigenvalue weighted by atomic mass is 15.9. The van der Waals surface area contributed by atoms with Crippen molar-refractivity contribution in [2.45, 2.75) is 6.42 Å². The molecular weight excluding hydrogens is 126 g/mol. The number of nitrogens with zero attached hydrogens (tertiary/aromatic N) is 3. The van der Waals surface area contributed by atoms with Crippen molar-refractivity contribution < 1.29 is 0 Å². The van der Waals surface area contributed by atoms with E-state index in [9.17, 15) is 0 Å². The third-order valence-corrected chi connectivity index (χ3v) is 1.68. The predicted octanol–water partition coefficient (Wildman–Crippen LogP) is 1.72. The summed E-state index contributed by atoms with van der Waals surface area (Å²) in [5.41, 5.74) is 0. The van der Waals surface area contributed by atoms with Crippen LogP contribution in [0.5, 0.6) is 0 Å². The molecule has 0 saturated carbocycles. The van der Waals surface area contributed by atoms with Gasteiger partial charge in [-0.15, -0.1) is 5.12 Å². The van der Waals surface area contributed by atoms with Crippen molar-refractivity contribution in [2.24, 2.45) is 16.4 Å². The Morgan fingerprint density at radius 1 is 1.40 bits per heavy atom. The van der Waals surface area contributed by atoms with Crippen molar-refractivity contribution >= 4 is 0 Å². The maximum atomic E-state index is 3.70. The van der Waals surface area contributed by atoms with Gasteiger partial charge in [-0.1, -0.05) is 24.3 Å². The van der Waals surface area contributed by atoms with Gasteiger partial charge >= 0.3 is 0 Å². The Labute approximate surface area is 59.7 Å². The fraction of sp³-hybridized carbons (Fsp3) is 0.429. The Morgan fingerprint density at radius 3 is 2.90 bits per heavy atom. The van der Waals surface area contributed by atoms with Gasteiger partial charge in [-0.25, -0.2) is 0 Å². The Kier molecular flexibility index (Phi) is 1.27. The van der Waals surface area contributed by atoms with E-state index in [0.717, 1.165) is 13.0 Å². The second-order valence-electron chi connectivity index (χ2n) is 2.54. The van der Waals surface area contributed by atoms with E-state index in [1.54, 1.807) is 5.12 Å². The fourth-order valence-corrected chi connectivity index (χ4v) is 1.08. The van der Waals surface area contributed by atoms with Crippen LogP contribution in [-0.4, -0.2) is 11.7 Å². The maximum absolute atomic E-state index is 3.70. The normalized spacial score (nSPS) is 27.6. The Balaban J connectivity index is 1.82. The summed E-state index contributed by atoms with van der Waals surface area (Å²) in [6.07, 6.45) is 9.65. The van der Waals surface area contributed by atoms with Crippen molar-refractivity contribution in [1.82, 2.24) is 5.12 Å². The number of rotatable bonds is 2. The van der Waals surface area contributed by atoms with E-state index in [0.29, 0.717) is 5.92 Å². The highest BCUT2D eigenvalue weighted by Gasteiger charge is 2.16. The number of allylic oxidation sites excluding steroid dienone is 3. The molecule has 2 rings (SSSR count). The molecule has 0 spiro atoms. The molecular formula is C7H9N3. The van der Waals surface area contributed by atoms with E-state index in [-0.39, 0.29) is 0 Å². The number of hydrogen-bond donors (Lipinski definition) is 0. The molecule has 0 aromatic heterocycles. The summed E-state index contributed by atoms with van der Waals surface area (Å²) in [6, 6.07) is 0. The van der Waals surface area contributed by atoms with Crippen molar-refractivity contribution in [2.75, 3.05) is 6.54 Å². The third-order valence-electron chi connectivity index (χ3n) is 1.68. The van der Waals surface area contributed by atoms with Crippen LogP contribution >= 0.6 is 0 Å². The molecule has 0 saturated heterocycles. The first-order chi connectivity index (χ1) is 4.95. The molecule has 0 radical (unpaired) electrons. The summed E-state index contributed by atoms with van der Waals surface area (Å²) in [6.45, 7) is 0.945. The van der Waals surface area contributed by atoms with Crippen LogP contribution in [0.3, 0.4) is 0 Å². The molecule has 1 atom stereocenters. The monoisotopic (exact) mass is 135 g/mol. The van der Waals surface area contributed by atoms with E-state index < -0.39 is 0 Å². The van der Waals surface area contributed by atoms with Crippen LogP contribution < -0.4 is 0 Å². The minimum absolute atomic E-state index is 0.611. The average molecular weight is 135 g/mol. The van der Waals surface area contributed by atoms with Crippen LogP contribution in [0.2, 0.25) is 0 Å². The molecule has 0 fully saturated rings. The van der Waals surface area contributed by atoms with Gasteiger partial charge in [-0.2, -0.15) is 0 Å². The van der Waals surface area contributed by atoms with Crippen LogP contribution in [0.15, 0.2) is 34.8 Å². The van der Waals surface area contributed by atoms with Gasteiger partial charge in [0.1, 0.15) is 0 Å². The van der Waals surface area contributed by atoms with Crippen LogP contribution in [0.4, 0.5) is 0 Å². The molecule has 2 aliphatic rings. The lowest BCUT2D eigenvalue weighted by atomic mass is 10.0. The van der Waals surface area contributed by atoms with Crippen LogP contribution in [0.25, 0.3) is 0 Å². The van der Waals surface area contributed by atoms with E-state index >= 15 is 0 Å². The first-order valence-corrected chi connectivity index (χ1v) is 3.47. The maximum Gasteiger partial charge on any atom is 0.0709 e. The first kappa shape index (κ1) is 5.65. The topological polar surface area (TPSA) is 27.7 Å². The zero-order chi connectivity index (χ0) is 6.81. The molecule has 1 heterocycles. The molecule has 0 amide bonds. The molecule has 3 heteroatoms. The average Bonchev–Trinajstić information content (AvgIpc) is 2.74.